The largest absolute Gasteiger partial charge is 0.364 e. The lowest BCUT2D eigenvalue weighted by atomic mass is 10.1. The molecule has 3 aromatic heterocycles. The topological polar surface area (TPSA) is 89.3 Å². The first-order valence-corrected chi connectivity index (χ1v) is 10.9. The highest BCUT2D eigenvalue weighted by Gasteiger charge is 2.25. The van der Waals surface area contributed by atoms with Crippen LogP contribution in [0.1, 0.15) is 5.69 Å². The Bertz CT molecular complexity index is 1410. The highest BCUT2D eigenvalue weighted by molar-refractivity contribution is 5.85. The minimum Gasteiger partial charge on any atom is -0.364 e. The van der Waals surface area contributed by atoms with Gasteiger partial charge in [0.1, 0.15) is 17.6 Å². The van der Waals surface area contributed by atoms with Gasteiger partial charge in [-0.3, -0.25) is 4.68 Å². The third-order valence-electron chi connectivity index (χ3n) is 6.20. The van der Waals surface area contributed by atoms with Gasteiger partial charge in [-0.25, -0.2) is 0 Å². The van der Waals surface area contributed by atoms with Crippen molar-refractivity contribution in [2.75, 3.05) is 36.0 Å². The second kappa shape index (κ2) is 7.77. The fourth-order valence-electron chi connectivity index (χ4n) is 4.43. The summed E-state index contributed by atoms with van der Waals surface area (Å²) in [4.78, 5) is 9.07. The highest BCUT2D eigenvalue weighted by Crippen LogP contribution is 2.31. The summed E-state index contributed by atoms with van der Waals surface area (Å²) in [5.74, 6) is 0.582. The van der Waals surface area contributed by atoms with Crippen LogP contribution in [0.15, 0.2) is 63.8 Å². The number of anilines is 2. The van der Waals surface area contributed by atoms with E-state index in [0.717, 1.165) is 65.3 Å². The second-order valence-corrected chi connectivity index (χ2v) is 8.23. The smallest absolute Gasteiger partial charge is 0.324 e. The van der Waals surface area contributed by atoms with E-state index in [1.807, 2.05) is 55.1 Å². The van der Waals surface area contributed by atoms with Gasteiger partial charge in [-0.15, -0.1) is 0 Å². The number of hydrogen-bond donors (Lipinski definition) is 0. The fraction of sp³-hybridized carbons (Fsp3) is 0.250. The molecule has 9 heteroatoms. The van der Waals surface area contributed by atoms with Crippen LogP contribution in [0.25, 0.3) is 33.5 Å². The number of hydrogen-bond acceptors (Lipinski definition) is 8. The molecular weight excluding hydrogens is 418 g/mol. The van der Waals surface area contributed by atoms with Gasteiger partial charge in [0.05, 0.1) is 11.2 Å². The summed E-state index contributed by atoms with van der Waals surface area (Å²) in [5.41, 5.74) is 5.89. The number of aryl methyl sites for hydroxylation is 2. The normalized spacial score (nSPS) is 14.4. The number of piperazine rings is 1. The van der Waals surface area contributed by atoms with E-state index in [4.69, 9.17) is 9.05 Å². The van der Waals surface area contributed by atoms with Crippen molar-refractivity contribution in [2.24, 2.45) is 7.05 Å². The Hall–Kier alpha value is -4.14. The second-order valence-electron chi connectivity index (χ2n) is 8.23. The van der Waals surface area contributed by atoms with Crippen LogP contribution < -0.4 is 9.80 Å². The molecule has 2 aromatic carbocycles. The standard InChI is InChI=1S/C24H23N7O2/c1-16-19-9-8-18(14-20(19)29(2)26-16)23-25-24(33-28-23)31-12-10-30(11-13-31)21-15-32-27-22(21)17-6-4-3-5-7-17/h3-9,14-15H,10-13H2,1-2H3. The summed E-state index contributed by atoms with van der Waals surface area (Å²) >= 11 is 0. The molecule has 0 radical (unpaired) electrons. The maximum Gasteiger partial charge on any atom is 0.324 e. The van der Waals surface area contributed by atoms with E-state index >= 15 is 0 Å². The highest BCUT2D eigenvalue weighted by atomic mass is 16.5. The molecule has 1 saturated heterocycles. The number of benzene rings is 2. The molecule has 5 aromatic rings. The van der Waals surface area contributed by atoms with Crippen LogP contribution in [-0.4, -0.2) is 51.3 Å². The molecule has 0 N–H and O–H groups in total. The molecule has 166 valence electrons. The molecule has 33 heavy (non-hydrogen) atoms. The van der Waals surface area contributed by atoms with E-state index in [9.17, 15) is 0 Å². The van der Waals surface area contributed by atoms with Gasteiger partial charge >= 0.3 is 6.01 Å². The first-order chi connectivity index (χ1) is 16.2. The van der Waals surface area contributed by atoms with Crippen LogP contribution in [0, 0.1) is 6.92 Å². The van der Waals surface area contributed by atoms with Crippen molar-refractivity contribution < 1.29 is 9.05 Å². The van der Waals surface area contributed by atoms with Gasteiger partial charge in [0.15, 0.2) is 0 Å². The van der Waals surface area contributed by atoms with Gasteiger partial charge in [-0.1, -0.05) is 52.8 Å². The Morgan fingerprint density at radius 3 is 2.48 bits per heavy atom. The molecule has 0 aliphatic carbocycles. The maximum absolute atomic E-state index is 5.62. The van der Waals surface area contributed by atoms with E-state index in [2.05, 4.69) is 42.3 Å². The molecule has 1 aliphatic heterocycles. The average Bonchev–Trinajstić information content (AvgIpc) is 3.59. The van der Waals surface area contributed by atoms with Crippen molar-refractivity contribution in [3.8, 4) is 22.6 Å². The molecule has 4 heterocycles. The first kappa shape index (κ1) is 19.5. The monoisotopic (exact) mass is 441 g/mol. The van der Waals surface area contributed by atoms with Gasteiger partial charge in [-0.2, -0.15) is 10.1 Å². The molecule has 0 unspecified atom stereocenters. The lowest BCUT2D eigenvalue weighted by Gasteiger charge is -2.34. The summed E-state index contributed by atoms with van der Waals surface area (Å²) in [6.45, 7) is 5.15. The molecule has 1 aliphatic rings. The van der Waals surface area contributed by atoms with Crippen molar-refractivity contribution in [2.45, 2.75) is 6.92 Å². The Balaban J connectivity index is 1.18. The van der Waals surface area contributed by atoms with E-state index in [0.29, 0.717) is 11.8 Å². The van der Waals surface area contributed by atoms with Crippen molar-refractivity contribution in [1.82, 2.24) is 25.1 Å². The Labute approximate surface area is 190 Å². The lowest BCUT2D eigenvalue weighted by molar-refractivity contribution is 0.409. The van der Waals surface area contributed by atoms with E-state index in [1.165, 1.54) is 0 Å². The Kier molecular flexibility index (Phi) is 4.60. The summed E-state index contributed by atoms with van der Waals surface area (Å²) in [6.07, 6.45) is 1.72. The molecule has 0 saturated carbocycles. The van der Waals surface area contributed by atoms with Gasteiger partial charge in [0.25, 0.3) is 0 Å². The SMILES string of the molecule is Cc1nn(C)c2cc(-c3noc(N4CCN(c5conc5-c5ccccc5)CC4)n3)ccc12. The number of rotatable bonds is 4. The van der Waals surface area contributed by atoms with Crippen molar-refractivity contribution in [3.63, 3.8) is 0 Å². The summed E-state index contributed by atoms with van der Waals surface area (Å²) in [5, 5.41) is 14.1. The minimum atomic E-state index is 0.541. The molecular formula is C24H23N7O2. The predicted molar refractivity (Wildman–Crippen MR) is 125 cm³/mol. The maximum atomic E-state index is 5.62. The van der Waals surface area contributed by atoms with Crippen LogP contribution in [0.2, 0.25) is 0 Å². The number of nitrogens with zero attached hydrogens (tertiary/aromatic N) is 7. The van der Waals surface area contributed by atoms with Crippen LogP contribution in [-0.2, 0) is 7.05 Å². The Morgan fingerprint density at radius 1 is 0.879 bits per heavy atom. The summed E-state index contributed by atoms with van der Waals surface area (Å²) in [6, 6.07) is 16.8. The summed E-state index contributed by atoms with van der Waals surface area (Å²) < 4.78 is 12.8. The van der Waals surface area contributed by atoms with Gasteiger partial charge < -0.3 is 18.8 Å². The molecule has 0 bridgehead atoms. The zero-order valence-corrected chi connectivity index (χ0v) is 18.5. The minimum absolute atomic E-state index is 0.541. The molecule has 0 atom stereocenters. The molecule has 1 fully saturated rings. The van der Waals surface area contributed by atoms with E-state index < -0.39 is 0 Å². The van der Waals surface area contributed by atoms with Crippen molar-refractivity contribution in [3.05, 3.63) is 60.5 Å². The molecule has 0 spiro atoms. The van der Waals surface area contributed by atoms with Crippen LogP contribution in [0.5, 0.6) is 0 Å². The van der Waals surface area contributed by atoms with Crippen LogP contribution in [0.4, 0.5) is 11.7 Å². The molecule has 9 nitrogen and oxygen atoms in total. The van der Waals surface area contributed by atoms with E-state index in [1.54, 1.807) is 6.26 Å². The van der Waals surface area contributed by atoms with Gasteiger partial charge in [-0.05, 0) is 13.0 Å². The summed E-state index contributed by atoms with van der Waals surface area (Å²) in [7, 11) is 1.94. The van der Waals surface area contributed by atoms with Crippen LogP contribution in [0.3, 0.4) is 0 Å². The number of aromatic nitrogens is 5. The van der Waals surface area contributed by atoms with Gasteiger partial charge in [0, 0.05) is 49.7 Å². The van der Waals surface area contributed by atoms with Gasteiger partial charge in [0.2, 0.25) is 5.82 Å². The first-order valence-electron chi connectivity index (χ1n) is 10.9. The van der Waals surface area contributed by atoms with Crippen molar-refractivity contribution >= 4 is 22.6 Å². The molecule has 0 amide bonds. The number of fused-ring (bicyclic) bond motifs is 1. The quantitative estimate of drug-likeness (QED) is 0.415. The van der Waals surface area contributed by atoms with Crippen molar-refractivity contribution in [1.29, 1.82) is 0 Å². The van der Waals surface area contributed by atoms with Crippen LogP contribution >= 0.6 is 0 Å². The zero-order chi connectivity index (χ0) is 22.4. The molecule has 6 rings (SSSR count). The Morgan fingerprint density at radius 2 is 1.67 bits per heavy atom. The fourth-order valence-corrected chi connectivity index (χ4v) is 4.43. The predicted octanol–water partition coefficient (Wildman–Crippen LogP) is 3.91. The third-order valence-corrected chi connectivity index (χ3v) is 6.20. The zero-order valence-electron chi connectivity index (χ0n) is 18.5. The average molecular weight is 441 g/mol. The van der Waals surface area contributed by atoms with E-state index in [-0.39, 0.29) is 0 Å². The third kappa shape index (κ3) is 3.42. The lowest BCUT2D eigenvalue weighted by Crippen LogP contribution is -2.46.